The zero-order chi connectivity index (χ0) is 49.3. The van der Waals surface area contributed by atoms with Gasteiger partial charge in [0.15, 0.2) is 0 Å². The van der Waals surface area contributed by atoms with Crippen LogP contribution in [0.2, 0.25) is 0 Å². The predicted molar refractivity (Wildman–Crippen MR) is 306 cm³/mol. The molecule has 0 aliphatic heterocycles. The van der Waals surface area contributed by atoms with Gasteiger partial charge in [-0.05, 0) is 161 Å². The second-order valence-corrected chi connectivity index (χ2v) is 23.8. The van der Waals surface area contributed by atoms with Crippen LogP contribution in [0.1, 0.15) is 105 Å². The number of hydrogen-bond donors (Lipinski definition) is 0. The molecule has 348 valence electrons. The number of benzene rings is 10. The maximum absolute atomic E-state index is 2.58. The molecule has 0 heteroatoms. The van der Waals surface area contributed by atoms with E-state index >= 15 is 0 Å². The van der Waals surface area contributed by atoms with Gasteiger partial charge in [0.25, 0.3) is 0 Å². The van der Waals surface area contributed by atoms with E-state index in [9.17, 15) is 0 Å². The van der Waals surface area contributed by atoms with Crippen LogP contribution in [0, 0.1) is 0 Å². The van der Waals surface area contributed by atoms with Crippen LogP contribution in [-0.2, 0) is 21.7 Å². The Morgan fingerprint density at radius 1 is 0.243 bits per heavy atom. The largest absolute Gasteiger partial charge is 0.0622 e. The van der Waals surface area contributed by atoms with Crippen molar-refractivity contribution in [3.8, 4) is 66.8 Å². The van der Waals surface area contributed by atoms with Crippen molar-refractivity contribution in [2.24, 2.45) is 0 Å². The Morgan fingerprint density at radius 3 is 1.10 bits per heavy atom. The van der Waals surface area contributed by atoms with Crippen LogP contribution in [0.5, 0.6) is 0 Å². The Bertz CT molecular complexity index is 3520. The van der Waals surface area contributed by atoms with Gasteiger partial charge in [-0.25, -0.2) is 0 Å². The van der Waals surface area contributed by atoms with Gasteiger partial charge in [-0.2, -0.15) is 0 Å². The molecule has 0 heterocycles. The van der Waals surface area contributed by atoms with Crippen molar-refractivity contribution >= 4 is 32.3 Å². The van der Waals surface area contributed by atoms with E-state index in [1.807, 2.05) is 0 Å². The maximum Gasteiger partial charge on any atom is -0.00139 e. The van der Waals surface area contributed by atoms with Crippen LogP contribution in [0.3, 0.4) is 0 Å². The quantitative estimate of drug-likeness (QED) is 0.146. The third-order valence-corrected chi connectivity index (χ3v) is 14.7. The molecule has 0 saturated carbocycles. The summed E-state index contributed by atoms with van der Waals surface area (Å²) in [5, 5.41) is 7.59. The standard InChI is InChI=1S/C70H68/c1-67(2,3)54-35-31-49(32-36-54)58-44-62(70(10,11)12)64(51-27-23-47(24-28-51)45-19-15-13-16-20-45)61-43-60-59(65(66(58)61)52-29-25-48(26-30-52)46-21-17-14-18-22-46)42-53-41-56(69(7,8)9)39-40-57(53)63(60)50-33-37-55(38-34-50)68(4,5)6/h13-44H,1-12H3. The first kappa shape index (κ1) is 46.7. The highest BCUT2D eigenvalue weighted by atomic mass is 14.3. The molecular formula is C70H68. The molecule has 0 N–H and O–H groups in total. The van der Waals surface area contributed by atoms with Crippen molar-refractivity contribution in [1.29, 1.82) is 0 Å². The summed E-state index contributed by atoms with van der Waals surface area (Å²) in [6.45, 7) is 28.0. The summed E-state index contributed by atoms with van der Waals surface area (Å²) in [4.78, 5) is 0. The first-order valence-electron chi connectivity index (χ1n) is 25.3. The summed E-state index contributed by atoms with van der Waals surface area (Å²) in [5.74, 6) is 0. The minimum atomic E-state index is -0.188. The molecule has 10 aromatic carbocycles. The van der Waals surface area contributed by atoms with Gasteiger partial charge in [-0.1, -0.05) is 259 Å². The van der Waals surface area contributed by atoms with Crippen molar-refractivity contribution in [2.45, 2.75) is 105 Å². The van der Waals surface area contributed by atoms with E-state index in [-0.39, 0.29) is 21.7 Å². The average molecular weight is 909 g/mol. The second kappa shape index (κ2) is 17.4. The molecule has 10 aromatic rings. The van der Waals surface area contributed by atoms with Crippen LogP contribution in [0.4, 0.5) is 0 Å². The number of hydrogen-bond acceptors (Lipinski definition) is 0. The van der Waals surface area contributed by atoms with Crippen LogP contribution < -0.4 is 0 Å². The van der Waals surface area contributed by atoms with Gasteiger partial charge in [0.2, 0.25) is 0 Å². The maximum atomic E-state index is 2.58. The molecule has 0 saturated heterocycles. The molecule has 0 aliphatic carbocycles. The van der Waals surface area contributed by atoms with Gasteiger partial charge in [0.05, 0.1) is 0 Å². The highest BCUT2D eigenvalue weighted by molar-refractivity contribution is 6.26. The van der Waals surface area contributed by atoms with Crippen molar-refractivity contribution in [3.63, 3.8) is 0 Å². The summed E-state index contributed by atoms with van der Waals surface area (Å²) < 4.78 is 0. The highest BCUT2D eigenvalue weighted by Crippen LogP contribution is 2.52. The highest BCUT2D eigenvalue weighted by Gasteiger charge is 2.28. The summed E-state index contributed by atoms with van der Waals surface area (Å²) in [6.07, 6.45) is 0. The lowest BCUT2D eigenvalue weighted by Gasteiger charge is -2.29. The Kier molecular flexibility index (Phi) is 11.6. The molecular weight excluding hydrogens is 841 g/mol. The Balaban J connectivity index is 1.42. The summed E-state index contributed by atoms with van der Waals surface area (Å²) in [5.41, 5.74) is 20.0. The third-order valence-electron chi connectivity index (χ3n) is 14.7. The second-order valence-electron chi connectivity index (χ2n) is 23.8. The SMILES string of the molecule is CC(C)(C)c1ccc(-c2c3ccc(C(C)(C)C)cc3cc3c(-c4ccc(-c5ccccc5)cc4)c4c(-c5ccc(C(C)(C)C)cc5)cc(C(C)(C)C)c(-c5ccc(-c6ccccc6)cc5)c4cc23)cc1. The zero-order valence-corrected chi connectivity index (χ0v) is 43.5. The van der Waals surface area contributed by atoms with Gasteiger partial charge in [0.1, 0.15) is 0 Å². The molecule has 0 atom stereocenters. The smallest absolute Gasteiger partial charge is 0.00139 e. The lowest BCUT2D eigenvalue weighted by atomic mass is 9.74. The molecule has 0 nitrogen and oxygen atoms in total. The fourth-order valence-electron chi connectivity index (χ4n) is 10.6. The third kappa shape index (κ3) is 8.79. The Labute approximate surface area is 418 Å². The fraction of sp³-hybridized carbons (Fsp3) is 0.229. The van der Waals surface area contributed by atoms with Crippen LogP contribution in [0.15, 0.2) is 194 Å². The Morgan fingerprint density at radius 2 is 0.629 bits per heavy atom. The lowest BCUT2D eigenvalue weighted by Crippen LogP contribution is -2.14. The summed E-state index contributed by atoms with van der Waals surface area (Å²) in [6, 6.07) is 74.1. The van der Waals surface area contributed by atoms with Gasteiger partial charge < -0.3 is 0 Å². The minimum absolute atomic E-state index is 0.0160. The first-order valence-corrected chi connectivity index (χ1v) is 25.3. The number of fused-ring (bicyclic) bond motifs is 3. The molecule has 0 radical (unpaired) electrons. The molecule has 0 fully saturated rings. The molecule has 0 bridgehead atoms. The molecule has 0 aliphatic rings. The first-order chi connectivity index (χ1) is 33.2. The molecule has 10 rings (SSSR count). The van der Waals surface area contributed by atoms with E-state index in [2.05, 4.69) is 277 Å². The minimum Gasteiger partial charge on any atom is -0.0622 e. The summed E-state index contributed by atoms with van der Waals surface area (Å²) in [7, 11) is 0. The van der Waals surface area contributed by atoms with Crippen molar-refractivity contribution in [1.82, 2.24) is 0 Å². The van der Waals surface area contributed by atoms with Gasteiger partial charge in [-0.15, -0.1) is 0 Å². The molecule has 70 heavy (non-hydrogen) atoms. The Hall–Kier alpha value is -7.02. The van der Waals surface area contributed by atoms with E-state index in [1.54, 1.807) is 0 Å². The van der Waals surface area contributed by atoms with Crippen molar-refractivity contribution in [2.75, 3.05) is 0 Å². The zero-order valence-electron chi connectivity index (χ0n) is 43.5. The topological polar surface area (TPSA) is 0 Å². The molecule has 0 aromatic heterocycles. The van der Waals surface area contributed by atoms with E-state index in [0.717, 1.165) is 0 Å². The van der Waals surface area contributed by atoms with Crippen LogP contribution >= 0.6 is 0 Å². The van der Waals surface area contributed by atoms with Gasteiger partial charge >= 0.3 is 0 Å². The van der Waals surface area contributed by atoms with Crippen molar-refractivity contribution in [3.05, 3.63) is 216 Å². The van der Waals surface area contributed by atoms with Crippen LogP contribution in [-0.4, -0.2) is 0 Å². The predicted octanol–water partition coefficient (Wildman–Crippen LogP) is 20.3. The number of rotatable bonds is 6. The van der Waals surface area contributed by atoms with E-state index in [0.29, 0.717) is 0 Å². The van der Waals surface area contributed by atoms with Crippen molar-refractivity contribution < 1.29 is 0 Å². The lowest BCUT2D eigenvalue weighted by molar-refractivity contribution is 0.590. The van der Waals surface area contributed by atoms with E-state index in [1.165, 1.54) is 121 Å². The van der Waals surface area contributed by atoms with E-state index in [4.69, 9.17) is 0 Å². The fourth-order valence-corrected chi connectivity index (χ4v) is 10.6. The van der Waals surface area contributed by atoms with Gasteiger partial charge in [0, 0.05) is 0 Å². The monoisotopic (exact) mass is 909 g/mol. The summed E-state index contributed by atoms with van der Waals surface area (Å²) >= 11 is 0. The normalized spacial score (nSPS) is 12.6. The molecule has 0 spiro atoms. The molecule has 0 unspecified atom stereocenters. The van der Waals surface area contributed by atoms with Gasteiger partial charge in [-0.3, -0.25) is 0 Å². The average Bonchev–Trinajstić information content (AvgIpc) is 3.34. The van der Waals surface area contributed by atoms with E-state index < -0.39 is 0 Å². The molecule has 0 amide bonds. The van der Waals surface area contributed by atoms with Crippen LogP contribution in [0.25, 0.3) is 99.1 Å².